The third-order valence-electron chi connectivity index (χ3n) is 2.49. The van der Waals surface area contributed by atoms with Gasteiger partial charge in [0.15, 0.2) is 0 Å². The normalized spacial score (nSPS) is 15.3. The molecule has 16 heavy (non-hydrogen) atoms. The Bertz CT molecular complexity index is 364. The largest absolute Gasteiger partial charge is 0.305 e. The molecular formula is C11H15N3O2. The lowest BCUT2D eigenvalue weighted by molar-refractivity contribution is -0.119. The van der Waals surface area contributed by atoms with Gasteiger partial charge in [0, 0.05) is 19.5 Å². The van der Waals surface area contributed by atoms with Gasteiger partial charge in [0.2, 0.25) is 5.91 Å². The van der Waals surface area contributed by atoms with Gasteiger partial charge in [-0.25, -0.2) is 0 Å². The van der Waals surface area contributed by atoms with Crippen LogP contribution in [0.1, 0.15) is 12.0 Å². The number of hydroxylamine groups is 1. The lowest BCUT2D eigenvalue weighted by Crippen LogP contribution is -2.32. The quantitative estimate of drug-likeness (QED) is 0.730. The molecule has 0 bridgehead atoms. The van der Waals surface area contributed by atoms with Crippen LogP contribution < -0.4 is 15.9 Å². The number of hydrogen-bond donors (Lipinski definition) is 2. The monoisotopic (exact) mass is 221 g/mol. The molecule has 1 aromatic rings. The molecule has 86 valence electrons. The zero-order chi connectivity index (χ0) is 11.4. The topological polar surface area (TPSA) is 53.6 Å². The van der Waals surface area contributed by atoms with E-state index in [-0.39, 0.29) is 5.91 Å². The van der Waals surface area contributed by atoms with Gasteiger partial charge in [-0.1, -0.05) is 12.1 Å². The second-order valence-electron chi connectivity index (χ2n) is 3.63. The van der Waals surface area contributed by atoms with Crippen LogP contribution in [0.5, 0.6) is 0 Å². The number of nitrogens with zero attached hydrogens (tertiary/aromatic N) is 1. The van der Waals surface area contributed by atoms with Crippen LogP contribution in [0.15, 0.2) is 24.3 Å². The summed E-state index contributed by atoms with van der Waals surface area (Å²) in [5.41, 5.74) is 7.71. The number of carbonyl (C=O) groups excluding carboxylic acids is 1. The Labute approximate surface area is 94.3 Å². The van der Waals surface area contributed by atoms with E-state index in [1.54, 1.807) is 7.11 Å². The Morgan fingerprint density at radius 1 is 1.44 bits per heavy atom. The van der Waals surface area contributed by atoms with Gasteiger partial charge in [-0.3, -0.25) is 15.2 Å². The lowest BCUT2D eigenvalue weighted by Gasteiger charge is -2.17. The summed E-state index contributed by atoms with van der Waals surface area (Å²) < 4.78 is 0. The maximum Gasteiger partial charge on any atom is 0.240 e. The molecule has 0 aliphatic carbocycles. The number of carbonyl (C=O) groups is 1. The third-order valence-corrected chi connectivity index (χ3v) is 2.49. The summed E-state index contributed by atoms with van der Waals surface area (Å²) in [7, 11) is 1.59. The minimum absolute atomic E-state index is 0.0742. The first-order valence-electron chi connectivity index (χ1n) is 5.21. The molecule has 0 aromatic heterocycles. The number of rotatable bonds is 4. The second kappa shape index (κ2) is 4.96. The van der Waals surface area contributed by atoms with Gasteiger partial charge in [0.1, 0.15) is 0 Å². The van der Waals surface area contributed by atoms with Crippen LogP contribution in [-0.2, 0) is 16.2 Å². The molecule has 0 radical (unpaired) electrons. The maximum atomic E-state index is 11.1. The molecule has 5 nitrogen and oxygen atoms in total. The molecule has 2 rings (SSSR count). The zero-order valence-electron chi connectivity index (χ0n) is 9.19. The summed E-state index contributed by atoms with van der Waals surface area (Å²) in [6.45, 7) is 1.40. The Morgan fingerprint density at radius 3 is 2.75 bits per heavy atom. The highest BCUT2D eigenvalue weighted by Crippen LogP contribution is 2.16. The van der Waals surface area contributed by atoms with Crippen molar-refractivity contribution in [2.75, 3.05) is 18.7 Å². The number of hydrazine groups is 1. The van der Waals surface area contributed by atoms with Crippen LogP contribution in [0.4, 0.5) is 5.69 Å². The Hall–Kier alpha value is -1.59. The van der Waals surface area contributed by atoms with E-state index in [9.17, 15) is 4.79 Å². The molecule has 1 aliphatic rings. The highest BCUT2D eigenvalue weighted by atomic mass is 16.6. The molecule has 0 saturated carbocycles. The molecule has 0 atom stereocenters. The molecule has 5 heteroatoms. The molecular weight excluding hydrogens is 206 g/mol. The van der Waals surface area contributed by atoms with Gasteiger partial charge in [-0.2, -0.15) is 5.48 Å². The van der Waals surface area contributed by atoms with E-state index in [0.717, 1.165) is 17.8 Å². The summed E-state index contributed by atoms with van der Waals surface area (Å²) >= 11 is 0. The van der Waals surface area contributed by atoms with Gasteiger partial charge in [-0.15, -0.1) is 0 Å². The van der Waals surface area contributed by atoms with Crippen molar-refractivity contribution >= 4 is 11.6 Å². The predicted molar refractivity (Wildman–Crippen MR) is 60.4 cm³/mol. The molecule has 2 N–H and O–H groups in total. The fourth-order valence-electron chi connectivity index (χ4n) is 1.62. The fraction of sp³-hybridized carbons (Fsp3) is 0.364. The third kappa shape index (κ3) is 2.50. The average molecular weight is 221 g/mol. The first kappa shape index (κ1) is 10.9. The van der Waals surface area contributed by atoms with Crippen molar-refractivity contribution in [3.63, 3.8) is 0 Å². The highest BCUT2D eigenvalue weighted by Gasteiger charge is 2.17. The van der Waals surface area contributed by atoms with E-state index in [0.29, 0.717) is 13.0 Å². The fourth-order valence-corrected chi connectivity index (χ4v) is 1.62. The van der Waals surface area contributed by atoms with Crippen molar-refractivity contribution in [2.45, 2.75) is 13.0 Å². The minimum atomic E-state index is 0.0742. The van der Waals surface area contributed by atoms with E-state index in [1.165, 1.54) is 0 Å². The van der Waals surface area contributed by atoms with Crippen LogP contribution in [0.3, 0.4) is 0 Å². The van der Waals surface area contributed by atoms with Crippen LogP contribution in [0.2, 0.25) is 0 Å². The summed E-state index contributed by atoms with van der Waals surface area (Å²) in [5, 5.41) is 1.86. The molecule has 1 heterocycles. The SMILES string of the molecule is CONCc1ccc(N2CCC(=O)N2)cc1. The lowest BCUT2D eigenvalue weighted by atomic mass is 10.2. The van der Waals surface area contributed by atoms with Crippen molar-refractivity contribution in [3.8, 4) is 0 Å². The van der Waals surface area contributed by atoms with Crippen LogP contribution in [0.25, 0.3) is 0 Å². The summed E-state index contributed by atoms with van der Waals surface area (Å²) in [5.74, 6) is 0.0742. The summed E-state index contributed by atoms with van der Waals surface area (Å²) in [6.07, 6.45) is 0.562. The van der Waals surface area contributed by atoms with Crippen LogP contribution >= 0.6 is 0 Å². The van der Waals surface area contributed by atoms with E-state index in [4.69, 9.17) is 4.84 Å². The van der Waals surface area contributed by atoms with Crippen molar-refractivity contribution < 1.29 is 9.63 Å². The van der Waals surface area contributed by atoms with Gasteiger partial charge in [0.25, 0.3) is 0 Å². The van der Waals surface area contributed by atoms with Crippen LogP contribution in [0, 0.1) is 0 Å². The molecule has 1 fully saturated rings. The smallest absolute Gasteiger partial charge is 0.240 e. The van der Waals surface area contributed by atoms with Crippen molar-refractivity contribution in [2.24, 2.45) is 0 Å². The maximum absolute atomic E-state index is 11.1. The standard InChI is InChI=1S/C11H15N3O2/c1-16-12-8-9-2-4-10(5-3-9)14-7-6-11(15)13-14/h2-5,12H,6-8H2,1H3,(H,13,15). The van der Waals surface area contributed by atoms with E-state index >= 15 is 0 Å². The van der Waals surface area contributed by atoms with Gasteiger partial charge < -0.3 is 4.84 Å². The minimum Gasteiger partial charge on any atom is -0.305 e. The van der Waals surface area contributed by atoms with Crippen molar-refractivity contribution in [1.82, 2.24) is 10.9 Å². The molecule has 1 saturated heterocycles. The van der Waals surface area contributed by atoms with Gasteiger partial charge in [-0.05, 0) is 17.7 Å². The zero-order valence-corrected chi connectivity index (χ0v) is 9.19. The number of amides is 1. The van der Waals surface area contributed by atoms with Crippen molar-refractivity contribution in [1.29, 1.82) is 0 Å². The van der Waals surface area contributed by atoms with Crippen LogP contribution in [-0.4, -0.2) is 19.6 Å². The number of nitrogens with one attached hydrogen (secondary N) is 2. The predicted octanol–water partition coefficient (Wildman–Crippen LogP) is 0.579. The first-order valence-corrected chi connectivity index (χ1v) is 5.21. The van der Waals surface area contributed by atoms with E-state index in [2.05, 4.69) is 10.9 Å². The Morgan fingerprint density at radius 2 is 2.19 bits per heavy atom. The summed E-state index contributed by atoms with van der Waals surface area (Å²) in [4.78, 5) is 15.8. The Balaban J connectivity index is 1.99. The molecule has 1 aliphatic heterocycles. The van der Waals surface area contributed by atoms with Gasteiger partial charge in [0.05, 0.1) is 12.8 Å². The van der Waals surface area contributed by atoms with E-state index < -0.39 is 0 Å². The molecule has 0 unspecified atom stereocenters. The molecule has 1 amide bonds. The average Bonchev–Trinajstić information content (AvgIpc) is 2.74. The number of benzene rings is 1. The molecule has 0 spiro atoms. The second-order valence-corrected chi connectivity index (χ2v) is 3.63. The highest BCUT2D eigenvalue weighted by molar-refractivity contribution is 5.81. The molecule has 1 aromatic carbocycles. The number of hydrogen-bond acceptors (Lipinski definition) is 4. The van der Waals surface area contributed by atoms with Crippen molar-refractivity contribution in [3.05, 3.63) is 29.8 Å². The summed E-state index contributed by atoms with van der Waals surface area (Å²) in [6, 6.07) is 7.98. The van der Waals surface area contributed by atoms with Gasteiger partial charge >= 0.3 is 0 Å². The Kier molecular flexibility index (Phi) is 3.38. The first-order chi connectivity index (χ1) is 7.79. The number of anilines is 1. The van der Waals surface area contributed by atoms with E-state index in [1.807, 2.05) is 29.3 Å².